The molecule has 0 amide bonds. The fourth-order valence-corrected chi connectivity index (χ4v) is 8.28. The number of carbonyl (C=O) groups is 1. The lowest BCUT2D eigenvalue weighted by Gasteiger charge is -2.43. The third kappa shape index (κ3) is 3.74. The molecule has 7 heteroatoms. The fraction of sp³-hybridized carbons (Fsp3) is 0.400. The molecule has 167 valence electrons. The van der Waals surface area contributed by atoms with Crippen LogP contribution in [-0.2, 0) is 6.54 Å². The van der Waals surface area contributed by atoms with Crippen LogP contribution in [0.4, 0.5) is 0 Å². The minimum Gasteiger partial charge on any atom is -0.496 e. The van der Waals surface area contributed by atoms with E-state index in [0.717, 1.165) is 66.0 Å². The van der Waals surface area contributed by atoms with E-state index in [4.69, 9.17) is 4.74 Å². The number of carboxylic acids is 1. The van der Waals surface area contributed by atoms with Gasteiger partial charge in [0.15, 0.2) is 8.96 Å². The zero-order chi connectivity index (χ0) is 22.5. The summed E-state index contributed by atoms with van der Waals surface area (Å²) in [6.45, 7) is 3.65. The van der Waals surface area contributed by atoms with Gasteiger partial charge in [-0.25, -0.2) is 4.79 Å². The molecule has 1 saturated heterocycles. The van der Waals surface area contributed by atoms with Crippen LogP contribution in [0.1, 0.15) is 40.7 Å². The topological polar surface area (TPSA) is 85.8 Å². The number of methoxy groups -OCH3 is 1. The summed E-state index contributed by atoms with van der Waals surface area (Å²) < 4.78 is 8.28. The molecule has 32 heavy (non-hydrogen) atoms. The van der Waals surface area contributed by atoms with Crippen LogP contribution in [0, 0.1) is 12.8 Å². The predicted octanol–water partition coefficient (Wildman–Crippen LogP) is 3.43. The van der Waals surface area contributed by atoms with E-state index in [1.54, 1.807) is 19.2 Å². The molecule has 6 nitrogen and oxygen atoms in total. The first-order chi connectivity index (χ1) is 15.4. The highest BCUT2D eigenvalue weighted by Crippen LogP contribution is 2.46. The minimum absolute atomic E-state index is 0.297. The number of aryl methyl sites for hydroxylation is 1. The lowest BCUT2D eigenvalue weighted by atomic mass is 9.95. The molecule has 0 unspecified atom stereocenters. The Morgan fingerprint density at radius 2 is 2.03 bits per heavy atom. The Bertz CT molecular complexity index is 1150. The normalized spacial score (nSPS) is 22.3. The molecule has 2 aliphatic rings. The average molecular weight is 450 g/mol. The van der Waals surface area contributed by atoms with Crippen molar-refractivity contribution < 1.29 is 19.7 Å². The molecule has 0 spiro atoms. The molecule has 2 fully saturated rings. The van der Waals surface area contributed by atoms with E-state index < -0.39 is 20.5 Å². The Kier molecular flexibility index (Phi) is 5.35. The molecule has 1 saturated carbocycles. The number of aromatic nitrogens is 1. The van der Waals surface area contributed by atoms with Crippen molar-refractivity contribution in [2.75, 3.05) is 13.7 Å². The van der Waals surface area contributed by atoms with Crippen LogP contribution in [-0.4, -0.2) is 53.9 Å². The Morgan fingerprint density at radius 1 is 1.28 bits per heavy atom. The third-order valence-electron chi connectivity index (χ3n) is 7.15. The predicted molar refractivity (Wildman–Crippen MR) is 126 cm³/mol. The standard InChI is InChI=1S/C25H29N2O4Si/c1-16-13-22(31-2)21(20-9-11-26-23(16)20)14-27-12-10-25(30,18-5-6-18)15-32(27)19-7-3-17(4-8-19)24(28)29/h3-4,7-9,11,13,18,26,30H,5-6,10,12,14-15H2,1-2H3,(H,28,29)/t25-/m0/s1. The van der Waals surface area contributed by atoms with Crippen molar-refractivity contribution in [2.45, 2.75) is 44.4 Å². The van der Waals surface area contributed by atoms with E-state index >= 15 is 0 Å². The Morgan fingerprint density at radius 3 is 2.69 bits per heavy atom. The molecular formula is C25H29N2O4Si. The number of rotatable bonds is 6. The zero-order valence-corrected chi connectivity index (χ0v) is 19.5. The summed E-state index contributed by atoms with van der Waals surface area (Å²) >= 11 is 0. The summed E-state index contributed by atoms with van der Waals surface area (Å²) in [4.78, 5) is 14.7. The molecule has 1 aromatic heterocycles. The number of hydrogen-bond donors (Lipinski definition) is 3. The highest BCUT2D eigenvalue weighted by Gasteiger charge is 2.49. The number of aliphatic hydroxyl groups is 1. The molecular weight excluding hydrogens is 420 g/mol. The van der Waals surface area contributed by atoms with Gasteiger partial charge in [-0.05, 0) is 79.7 Å². The van der Waals surface area contributed by atoms with Gasteiger partial charge in [-0.2, -0.15) is 0 Å². The van der Waals surface area contributed by atoms with Crippen molar-refractivity contribution in [3.05, 3.63) is 59.3 Å². The maximum atomic E-state index is 11.4. The van der Waals surface area contributed by atoms with Crippen molar-refractivity contribution >= 4 is 31.0 Å². The zero-order valence-electron chi connectivity index (χ0n) is 18.5. The van der Waals surface area contributed by atoms with Crippen molar-refractivity contribution in [3.8, 4) is 5.75 Å². The van der Waals surface area contributed by atoms with Crippen LogP contribution in [0.3, 0.4) is 0 Å². The second kappa shape index (κ2) is 8.06. The van der Waals surface area contributed by atoms with E-state index in [0.29, 0.717) is 11.5 Å². The van der Waals surface area contributed by atoms with Crippen LogP contribution < -0.4 is 9.92 Å². The van der Waals surface area contributed by atoms with Gasteiger partial charge in [0.1, 0.15) is 5.75 Å². The minimum atomic E-state index is -1.28. The van der Waals surface area contributed by atoms with Crippen molar-refractivity contribution in [3.63, 3.8) is 0 Å². The quantitative estimate of drug-likeness (QED) is 0.502. The lowest BCUT2D eigenvalue weighted by molar-refractivity contribution is 0.0116. The van der Waals surface area contributed by atoms with Crippen molar-refractivity contribution in [1.29, 1.82) is 0 Å². The number of nitrogens with zero attached hydrogens (tertiary/aromatic N) is 1. The van der Waals surface area contributed by atoms with Gasteiger partial charge in [-0.1, -0.05) is 12.1 Å². The first-order valence-corrected chi connectivity index (χ1v) is 12.9. The van der Waals surface area contributed by atoms with Gasteiger partial charge < -0.3 is 24.5 Å². The van der Waals surface area contributed by atoms with Crippen molar-refractivity contribution in [2.24, 2.45) is 5.92 Å². The van der Waals surface area contributed by atoms with Crippen LogP contribution in [0.5, 0.6) is 5.75 Å². The van der Waals surface area contributed by atoms with Crippen LogP contribution in [0.25, 0.3) is 10.9 Å². The number of H-pyrrole nitrogens is 1. The highest BCUT2D eigenvalue weighted by atomic mass is 28.3. The van der Waals surface area contributed by atoms with Crippen LogP contribution >= 0.6 is 0 Å². The number of benzene rings is 2. The maximum absolute atomic E-state index is 11.4. The van der Waals surface area contributed by atoms with Crippen LogP contribution in [0.2, 0.25) is 6.04 Å². The first-order valence-electron chi connectivity index (χ1n) is 11.2. The molecule has 3 aromatic rings. The number of fused-ring (bicyclic) bond motifs is 1. The molecule has 1 radical (unpaired) electrons. The number of aromatic carboxylic acids is 1. The van der Waals surface area contributed by atoms with Gasteiger partial charge in [-0.3, -0.25) is 0 Å². The van der Waals surface area contributed by atoms with E-state index in [1.807, 2.05) is 18.3 Å². The molecule has 3 N–H and O–H groups in total. The molecule has 2 heterocycles. The largest absolute Gasteiger partial charge is 0.496 e. The molecule has 2 aromatic carbocycles. The summed E-state index contributed by atoms with van der Waals surface area (Å²) in [7, 11) is 0.442. The number of nitrogens with one attached hydrogen (secondary N) is 1. The van der Waals surface area contributed by atoms with Crippen LogP contribution in [0.15, 0.2) is 42.6 Å². The molecule has 1 aliphatic heterocycles. The molecule has 0 bridgehead atoms. The molecule has 1 atom stereocenters. The number of aromatic amines is 1. The summed E-state index contributed by atoms with van der Waals surface area (Å²) in [6.07, 6.45) is 4.97. The number of ether oxygens (including phenoxy) is 1. The van der Waals surface area contributed by atoms with Gasteiger partial charge in [0, 0.05) is 29.2 Å². The Labute approximate surface area is 189 Å². The van der Waals surface area contributed by atoms with E-state index in [-0.39, 0.29) is 0 Å². The number of carboxylic acid groups (broad SMARTS) is 1. The monoisotopic (exact) mass is 449 g/mol. The second-order valence-electron chi connectivity index (χ2n) is 9.20. The molecule has 1 aliphatic carbocycles. The lowest BCUT2D eigenvalue weighted by Crippen LogP contribution is -2.58. The average Bonchev–Trinajstić information content (AvgIpc) is 3.54. The maximum Gasteiger partial charge on any atom is 0.335 e. The summed E-state index contributed by atoms with van der Waals surface area (Å²) in [5, 5.41) is 23.0. The van der Waals surface area contributed by atoms with Gasteiger partial charge in [0.05, 0.1) is 18.3 Å². The smallest absolute Gasteiger partial charge is 0.335 e. The molecule has 5 rings (SSSR count). The SMILES string of the molecule is COc1cc(C)c2[nH]ccc2c1CN1CC[C@@](O)(C2CC2)C[Si]1c1ccc(C(=O)O)cc1. The fourth-order valence-electron chi connectivity index (χ4n) is 5.16. The van der Waals surface area contributed by atoms with Gasteiger partial charge in [0.25, 0.3) is 0 Å². The summed E-state index contributed by atoms with van der Waals surface area (Å²) in [5.41, 5.74) is 3.15. The van der Waals surface area contributed by atoms with Gasteiger partial charge in [0.2, 0.25) is 0 Å². The Hall–Kier alpha value is -2.61. The highest BCUT2D eigenvalue weighted by molar-refractivity contribution is 6.71. The van der Waals surface area contributed by atoms with E-state index in [9.17, 15) is 15.0 Å². The van der Waals surface area contributed by atoms with Gasteiger partial charge in [-0.15, -0.1) is 0 Å². The first kappa shape index (κ1) is 21.2. The number of hydrogen-bond acceptors (Lipinski definition) is 4. The van der Waals surface area contributed by atoms with Gasteiger partial charge >= 0.3 is 5.97 Å². The summed E-state index contributed by atoms with van der Waals surface area (Å²) in [5.74, 6) is 0.386. The van der Waals surface area contributed by atoms with E-state index in [2.05, 4.69) is 28.6 Å². The van der Waals surface area contributed by atoms with E-state index in [1.165, 1.54) is 5.39 Å². The summed E-state index contributed by atoms with van der Waals surface area (Å²) in [6, 6.07) is 12.2. The van der Waals surface area contributed by atoms with Crippen molar-refractivity contribution in [1.82, 2.24) is 9.55 Å². The Balaban J connectivity index is 1.52. The third-order valence-corrected chi connectivity index (χ3v) is 10.2. The second-order valence-corrected chi connectivity index (χ2v) is 11.7.